The number of ether oxygens (including phenoxy) is 2. The summed E-state index contributed by atoms with van der Waals surface area (Å²) in [5.41, 5.74) is 12.1. The first-order valence-electron chi connectivity index (χ1n) is 8.54. The molecule has 27 heavy (non-hydrogen) atoms. The number of rotatable bonds is 3. The van der Waals surface area contributed by atoms with Crippen LogP contribution in [0, 0.1) is 11.3 Å². The molecule has 136 valence electrons. The van der Waals surface area contributed by atoms with Gasteiger partial charge in [-0.3, -0.25) is 4.68 Å². The fourth-order valence-electron chi connectivity index (χ4n) is 3.70. The lowest BCUT2D eigenvalue weighted by molar-refractivity contribution is 0.354. The van der Waals surface area contributed by atoms with Crippen LogP contribution >= 0.6 is 0 Å². The number of hydrogen-bond acceptors (Lipinski definition) is 6. The predicted octanol–water partition coefficient (Wildman–Crippen LogP) is 2.72. The highest BCUT2D eigenvalue weighted by Crippen LogP contribution is 2.44. The van der Waals surface area contributed by atoms with Gasteiger partial charge in [0.1, 0.15) is 17.5 Å². The first-order valence-corrected chi connectivity index (χ1v) is 8.54. The average Bonchev–Trinajstić information content (AvgIpc) is 3.11. The molecule has 0 fully saturated rings. The largest absolute Gasteiger partial charge is 0.493 e. The lowest BCUT2D eigenvalue weighted by atomic mass is 9.83. The van der Waals surface area contributed by atoms with E-state index in [-0.39, 0.29) is 5.82 Å². The van der Waals surface area contributed by atoms with Crippen LogP contribution < -0.4 is 15.2 Å². The highest BCUT2D eigenvalue weighted by molar-refractivity contribution is 5.86. The number of nitrogens with two attached hydrogens (primary N) is 1. The SMILES string of the molecule is COc1cc2c(cc1OC)-c1nc(N)c(C#N)c(-c3cnn(C)c3)c1CC2. The van der Waals surface area contributed by atoms with E-state index in [9.17, 15) is 5.26 Å². The summed E-state index contributed by atoms with van der Waals surface area (Å²) < 4.78 is 12.6. The maximum absolute atomic E-state index is 9.68. The third kappa shape index (κ3) is 2.57. The van der Waals surface area contributed by atoms with Crippen molar-refractivity contribution in [2.24, 2.45) is 7.05 Å². The number of pyridine rings is 1. The summed E-state index contributed by atoms with van der Waals surface area (Å²) >= 11 is 0. The molecule has 1 aliphatic carbocycles. The fourth-order valence-corrected chi connectivity index (χ4v) is 3.70. The Morgan fingerprint density at radius 2 is 1.93 bits per heavy atom. The Morgan fingerprint density at radius 3 is 2.56 bits per heavy atom. The average molecular weight is 361 g/mol. The minimum Gasteiger partial charge on any atom is -0.493 e. The number of aromatic nitrogens is 3. The van der Waals surface area contributed by atoms with E-state index in [0.717, 1.165) is 46.4 Å². The van der Waals surface area contributed by atoms with E-state index in [2.05, 4.69) is 16.2 Å². The van der Waals surface area contributed by atoms with Crippen LogP contribution in [-0.2, 0) is 19.9 Å². The van der Waals surface area contributed by atoms with Crippen molar-refractivity contribution in [3.05, 3.63) is 41.2 Å². The smallest absolute Gasteiger partial charge is 0.161 e. The second kappa shape index (κ2) is 6.32. The summed E-state index contributed by atoms with van der Waals surface area (Å²) in [5.74, 6) is 1.54. The molecule has 2 N–H and O–H groups in total. The van der Waals surface area contributed by atoms with Gasteiger partial charge >= 0.3 is 0 Å². The van der Waals surface area contributed by atoms with Gasteiger partial charge in [-0.05, 0) is 36.1 Å². The maximum atomic E-state index is 9.68. The second-order valence-electron chi connectivity index (χ2n) is 6.45. The van der Waals surface area contributed by atoms with E-state index >= 15 is 0 Å². The highest BCUT2D eigenvalue weighted by Gasteiger charge is 2.27. The molecule has 0 radical (unpaired) electrons. The number of fused-ring (bicyclic) bond motifs is 3. The van der Waals surface area contributed by atoms with Crippen LogP contribution in [0.4, 0.5) is 5.82 Å². The zero-order valence-corrected chi connectivity index (χ0v) is 15.4. The van der Waals surface area contributed by atoms with Crippen molar-refractivity contribution in [3.8, 4) is 40.0 Å². The molecule has 2 aromatic heterocycles. The van der Waals surface area contributed by atoms with Crippen LogP contribution in [0.1, 0.15) is 16.7 Å². The van der Waals surface area contributed by atoms with E-state index in [0.29, 0.717) is 17.1 Å². The van der Waals surface area contributed by atoms with Gasteiger partial charge in [-0.15, -0.1) is 0 Å². The first-order chi connectivity index (χ1) is 13.1. The Bertz CT molecular complexity index is 1090. The summed E-state index contributed by atoms with van der Waals surface area (Å²) in [4.78, 5) is 4.58. The summed E-state index contributed by atoms with van der Waals surface area (Å²) in [6, 6.07) is 6.13. The van der Waals surface area contributed by atoms with Crippen LogP contribution in [0.25, 0.3) is 22.4 Å². The Hall–Kier alpha value is -3.53. The molecule has 0 bridgehead atoms. The third-order valence-corrected chi connectivity index (χ3v) is 4.94. The molecule has 0 aliphatic heterocycles. The van der Waals surface area contributed by atoms with Crippen molar-refractivity contribution in [1.29, 1.82) is 5.26 Å². The van der Waals surface area contributed by atoms with Crippen molar-refractivity contribution < 1.29 is 9.47 Å². The number of anilines is 1. The van der Waals surface area contributed by atoms with Gasteiger partial charge in [0.15, 0.2) is 11.5 Å². The van der Waals surface area contributed by atoms with Crippen LogP contribution in [0.5, 0.6) is 11.5 Å². The van der Waals surface area contributed by atoms with Gasteiger partial charge in [0.2, 0.25) is 0 Å². The molecule has 0 unspecified atom stereocenters. The summed E-state index contributed by atoms with van der Waals surface area (Å²) in [6.07, 6.45) is 5.20. The zero-order valence-electron chi connectivity index (χ0n) is 15.4. The molecule has 3 aromatic rings. The lowest BCUT2D eigenvalue weighted by Gasteiger charge is -2.24. The number of hydrogen-bond donors (Lipinski definition) is 1. The lowest BCUT2D eigenvalue weighted by Crippen LogP contribution is -2.12. The van der Waals surface area contributed by atoms with Gasteiger partial charge in [-0.2, -0.15) is 10.4 Å². The van der Waals surface area contributed by atoms with Gasteiger partial charge in [-0.25, -0.2) is 4.98 Å². The topological polar surface area (TPSA) is 99.0 Å². The number of nitriles is 1. The normalized spacial score (nSPS) is 12.1. The van der Waals surface area contributed by atoms with Gasteiger partial charge in [0.25, 0.3) is 0 Å². The van der Waals surface area contributed by atoms with Gasteiger partial charge in [0.05, 0.1) is 26.1 Å². The molecular weight excluding hydrogens is 342 g/mol. The fraction of sp³-hybridized carbons (Fsp3) is 0.250. The molecule has 2 heterocycles. The van der Waals surface area contributed by atoms with Gasteiger partial charge < -0.3 is 15.2 Å². The Morgan fingerprint density at radius 1 is 1.19 bits per heavy atom. The summed E-state index contributed by atoms with van der Waals surface area (Å²) in [6.45, 7) is 0. The van der Waals surface area contributed by atoms with E-state index in [1.54, 1.807) is 25.1 Å². The van der Waals surface area contributed by atoms with Crippen LogP contribution in [0.3, 0.4) is 0 Å². The first kappa shape index (κ1) is 16.9. The Balaban J connectivity index is 2.03. The van der Waals surface area contributed by atoms with Crippen molar-refractivity contribution >= 4 is 5.82 Å². The van der Waals surface area contributed by atoms with Crippen molar-refractivity contribution in [2.45, 2.75) is 12.8 Å². The molecule has 7 nitrogen and oxygen atoms in total. The predicted molar refractivity (Wildman–Crippen MR) is 102 cm³/mol. The molecule has 0 spiro atoms. The summed E-state index contributed by atoms with van der Waals surface area (Å²) in [7, 11) is 5.07. The minimum atomic E-state index is 0.220. The molecule has 7 heteroatoms. The van der Waals surface area contributed by atoms with Crippen LogP contribution in [-0.4, -0.2) is 29.0 Å². The van der Waals surface area contributed by atoms with Gasteiger partial charge in [-0.1, -0.05) is 0 Å². The second-order valence-corrected chi connectivity index (χ2v) is 6.45. The molecule has 4 rings (SSSR count). The van der Waals surface area contributed by atoms with Crippen molar-refractivity contribution in [3.63, 3.8) is 0 Å². The van der Waals surface area contributed by atoms with Crippen LogP contribution in [0.15, 0.2) is 24.5 Å². The van der Waals surface area contributed by atoms with Crippen molar-refractivity contribution in [2.75, 3.05) is 20.0 Å². The number of methoxy groups -OCH3 is 2. The van der Waals surface area contributed by atoms with Crippen LogP contribution in [0.2, 0.25) is 0 Å². The Labute approximate surface area is 157 Å². The van der Waals surface area contributed by atoms with Crippen molar-refractivity contribution in [1.82, 2.24) is 14.8 Å². The number of nitrogen functional groups attached to an aromatic ring is 1. The molecule has 0 atom stereocenters. The van der Waals surface area contributed by atoms with Gasteiger partial charge in [0, 0.05) is 29.9 Å². The molecule has 0 amide bonds. The van der Waals surface area contributed by atoms with E-state index in [4.69, 9.17) is 15.2 Å². The maximum Gasteiger partial charge on any atom is 0.161 e. The Kier molecular flexibility index (Phi) is 3.96. The number of nitrogens with zero attached hydrogens (tertiary/aromatic N) is 4. The van der Waals surface area contributed by atoms with E-state index < -0.39 is 0 Å². The molecule has 0 saturated carbocycles. The third-order valence-electron chi connectivity index (χ3n) is 4.94. The molecule has 0 saturated heterocycles. The van der Waals surface area contributed by atoms with E-state index in [1.807, 2.05) is 25.4 Å². The highest BCUT2D eigenvalue weighted by atomic mass is 16.5. The zero-order chi connectivity index (χ0) is 19.1. The number of aryl methyl sites for hydroxylation is 2. The molecule has 1 aliphatic rings. The summed E-state index contributed by atoms with van der Waals surface area (Å²) in [5, 5.41) is 13.9. The number of benzene rings is 1. The standard InChI is InChI=1S/C20H19N5O2/c1-25-10-12(9-23-25)18-13-5-4-11-6-16(26-2)17(27-3)7-14(11)19(13)24-20(22)15(18)8-21/h6-7,9-10H,4-5H2,1-3H3,(H2,22,24). The molecular formula is C20H19N5O2. The minimum absolute atomic E-state index is 0.220. The van der Waals surface area contributed by atoms with E-state index in [1.165, 1.54) is 0 Å². The monoisotopic (exact) mass is 361 g/mol. The quantitative estimate of drug-likeness (QED) is 0.770. The molecule has 1 aromatic carbocycles.